The van der Waals surface area contributed by atoms with E-state index in [1.165, 1.54) is 0 Å². The largest absolute Gasteiger partial charge is 0.361 e. The third-order valence-corrected chi connectivity index (χ3v) is 4.52. The van der Waals surface area contributed by atoms with Crippen molar-refractivity contribution in [1.82, 2.24) is 5.16 Å². The van der Waals surface area contributed by atoms with E-state index >= 15 is 0 Å². The highest BCUT2D eigenvalue weighted by Crippen LogP contribution is 2.18. The number of sulfone groups is 1. The van der Waals surface area contributed by atoms with E-state index in [9.17, 15) is 8.42 Å². The molecule has 0 atom stereocenters. The summed E-state index contributed by atoms with van der Waals surface area (Å²) >= 11 is 0. The highest BCUT2D eigenvalue weighted by Gasteiger charge is 2.19. The second kappa shape index (κ2) is 5.17. The minimum Gasteiger partial charge on any atom is -0.361 e. The lowest BCUT2D eigenvalue weighted by Crippen LogP contribution is -2.09. The number of rotatable bonds is 4. The zero-order valence-corrected chi connectivity index (χ0v) is 12.1. The predicted octanol–water partition coefficient (Wildman–Crippen LogP) is 2.71. The fourth-order valence-corrected chi connectivity index (χ4v) is 3.68. The Bertz CT molecular complexity index is 667. The second-order valence-corrected chi connectivity index (χ2v) is 6.89. The summed E-state index contributed by atoms with van der Waals surface area (Å²) in [6.45, 7) is 5.44. The highest BCUT2D eigenvalue weighted by atomic mass is 32.2. The summed E-state index contributed by atoms with van der Waals surface area (Å²) in [7, 11) is -3.22. The van der Waals surface area contributed by atoms with Gasteiger partial charge in [0.1, 0.15) is 5.76 Å². The second-order valence-electron chi connectivity index (χ2n) is 4.82. The Morgan fingerprint density at radius 2 is 1.89 bits per heavy atom. The quantitative estimate of drug-likeness (QED) is 0.863. The van der Waals surface area contributed by atoms with Crippen LogP contribution in [-0.2, 0) is 21.3 Å². The SMILES string of the molecule is Cc1cccc(CS(=O)(=O)Cc2c(C)noc2C)c1. The maximum absolute atomic E-state index is 12.2. The van der Waals surface area contributed by atoms with Crippen molar-refractivity contribution in [2.24, 2.45) is 0 Å². The Hall–Kier alpha value is -1.62. The van der Waals surface area contributed by atoms with Gasteiger partial charge in [0.25, 0.3) is 0 Å². The molecule has 0 aliphatic rings. The van der Waals surface area contributed by atoms with Crippen LogP contribution in [0, 0.1) is 20.8 Å². The van der Waals surface area contributed by atoms with Gasteiger partial charge in [-0.15, -0.1) is 0 Å². The van der Waals surface area contributed by atoms with Crippen LogP contribution in [0.25, 0.3) is 0 Å². The first-order valence-corrected chi connectivity index (χ1v) is 7.87. The Balaban J connectivity index is 2.20. The Morgan fingerprint density at radius 1 is 1.16 bits per heavy atom. The molecule has 0 amide bonds. The van der Waals surface area contributed by atoms with Gasteiger partial charge in [-0.05, 0) is 26.3 Å². The van der Waals surface area contributed by atoms with Crippen LogP contribution in [0.3, 0.4) is 0 Å². The van der Waals surface area contributed by atoms with Gasteiger partial charge in [-0.3, -0.25) is 0 Å². The summed E-state index contributed by atoms with van der Waals surface area (Å²) in [4.78, 5) is 0. The van der Waals surface area contributed by atoms with Crippen LogP contribution >= 0.6 is 0 Å². The van der Waals surface area contributed by atoms with E-state index in [4.69, 9.17) is 4.52 Å². The van der Waals surface area contributed by atoms with E-state index in [0.29, 0.717) is 17.0 Å². The molecule has 1 heterocycles. The van der Waals surface area contributed by atoms with Crippen molar-refractivity contribution in [1.29, 1.82) is 0 Å². The summed E-state index contributed by atoms with van der Waals surface area (Å²) in [6.07, 6.45) is 0. The minimum absolute atomic E-state index is 0.0257. The van der Waals surface area contributed by atoms with Crippen LogP contribution in [0.4, 0.5) is 0 Å². The van der Waals surface area contributed by atoms with Crippen LogP contribution in [0.2, 0.25) is 0 Å². The van der Waals surface area contributed by atoms with Crippen LogP contribution in [0.15, 0.2) is 28.8 Å². The van der Waals surface area contributed by atoms with Gasteiger partial charge >= 0.3 is 0 Å². The molecule has 0 aliphatic carbocycles. The molecule has 0 spiro atoms. The van der Waals surface area contributed by atoms with Crippen molar-refractivity contribution in [3.05, 3.63) is 52.4 Å². The summed E-state index contributed by atoms with van der Waals surface area (Å²) in [6, 6.07) is 7.54. The number of benzene rings is 1. The maximum atomic E-state index is 12.2. The topological polar surface area (TPSA) is 60.2 Å². The van der Waals surface area contributed by atoms with E-state index in [1.807, 2.05) is 31.2 Å². The van der Waals surface area contributed by atoms with Gasteiger partial charge in [-0.1, -0.05) is 35.0 Å². The normalized spacial score (nSPS) is 11.7. The van der Waals surface area contributed by atoms with Crippen LogP contribution in [-0.4, -0.2) is 13.6 Å². The minimum atomic E-state index is -3.22. The fraction of sp³-hybridized carbons (Fsp3) is 0.357. The van der Waals surface area contributed by atoms with Gasteiger partial charge in [0, 0.05) is 5.56 Å². The predicted molar refractivity (Wildman–Crippen MR) is 73.5 cm³/mol. The Labute approximate surface area is 113 Å². The molecule has 102 valence electrons. The summed E-state index contributed by atoms with van der Waals surface area (Å²) in [5.41, 5.74) is 3.19. The number of aromatic nitrogens is 1. The van der Waals surface area contributed by atoms with Gasteiger partial charge in [-0.25, -0.2) is 8.42 Å². The Morgan fingerprint density at radius 3 is 2.47 bits per heavy atom. The van der Waals surface area contributed by atoms with Crippen LogP contribution in [0.1, 0.15) is 28.1 Å². The average molecular weight is 279 g/mol. The summed E-state index contributed by atoms with van der Waals surface area (Å²) in [5, 5.41) is 3.78. The van der Waals surface area contributed by atoms with Crippen LogP contribution in [0.5, 0.6) is 0 Å². The molecule has 0 N–H and O–H groups in total. The van der Waals surface area contributed by atoms with Crippen molar-refractivity contribution in [2.75, 3.05) is 0 Å². The van der Waals surface area contributed by atoms with Gasteiger partial charge in [0.2, 0.25) is 0 Å². The van der Waals surface area contributed by atoms with Gasteiger partial charge in [-0.2, -0.15) is 0 Å². The van der Waals surface area contributed by atoms with Crippen molar-refractivity contribution in [2.45, 2.75) is 32.3 Å². The van der Waals surface area contributed by atoms with E-state index in [0.717, 1.165) is 11.1 Å². The highest BCUT2D eigenvalue weighted by molar-refractivity contribution is 7.89. The molecule has 0 saturated heterocycles. The molecule has 1 aromatic carbocycles. The molecule has 5 heteroatoms. The van der Waals surface area contributed by atoms with Gasteiger partial charge in [0.05, 0.1) is 17.2 Å². The molecule has 1 aromatic heterocycles. The van der Waals surface area contributed by atoms with Gasteiger partial charge < -0.3 is 4.52 Å². The van der Waals surface area contributed by atoms with E-state index < -0.39 is 9.84 Å². The molecule has 2 rings (SSSR count). The number of hydrogen-bond donors (Lipinski definition) is 0. The third kappa shape index (κ3) is 3.44. The third-order valence-electron chi connectivity index (χ3n) is 3.01. The smallest absolute Gasteiger partial charge is 0.158 e. The standard InChI is InChI=1S/C14H17NO3S/c1-10-5-4-6-13(7-10)8-19(16,17)9-14-11(2)15-18-12(14)3/h4-7H,8-9H2,1-3H3. The molecular formula is C14H17NO3S. The molecule has 0 saturated carbocycles. The molecular weight excluding hydrogens is 262 g/mol. The summed E-state index contributed by atoms with van der Waals surface area (Å²) < 4.78 is 29.4. The number of aryl methyl sites for hydroxylation is 3. The van der Waals surface area contributed by atoms with E-state index in [-0.39, 0.29) is 11.5 Å². The average Bonchev–Trinajstić information content (AvgIpc) is 2.60. The molecule has 0 bridgehead atoms. The molecule has 2 aromatic rings. The fourth-order valence-electron chi connectivity index (χ4n) is 2.03. The first-order valence-electron chi connectivity index (χ1n) is 6.05. The lowest BCUT2D eigenvalue weighted by molar-refractivity contribution is 0.392. The molecule has 4 nitrogen and oxygen atoms in total. The monoisotopic (exact) mass is 279 g/mol. The van der Waals surface area contributed by atoms with Crippen molar-refractivity contribution in [3.8, 4) is 0 Å². The molecule has 0 fully saturated rings. The first kappa shape index (κ1) is 13.8. The van der Waals surface area contributed by atoms with Crippen molar-refractivity contribution < 1.29 is 12.9 Å². The summed E-state index contributed by atoms with van der Waals surface area (Å²) in [5.74, 6) is 0.589. The van der Waals surface area contributed by atoms with Crippen molar-refractivity contribution in [3.63, 3.8) is 0 Å². The Kier molecular flexibility index (Phi) is 3.75. The zero-order valence-electron chi connectivity index (χ0n) is 11.3. The first-order chi connectivity index (χ1) is 8.87. The number of nitrogens with zero attached hydrogens (tertiary/aromatic N) is 1. The lowest BCUT2D eigenvalue weighted by Gasteiger charge is -2.05. The van der Waals surface area contributed by atoms with E-state index in [1.54, 1.807) is 13.8 Å². The van der Waals surface area contributed by atoms with E-state index in [2.05, 4.69) is 5.16 Å². The van der Waals surface area contributed by atoms with Gasteiger partial charge in [0.15, 0.2) is 9.84 Å². The molecule has 0 radical (unpaired) electrons. The zero-order chi connectivity index (χ0) is 14.0. The maximum Gasteiger partial charge on any atom is 0.158 e. The molecule has 0 unspecified atom stereocenters. The lowest BCUT2D eigenvalue weighted by atomic mass is 10.2. The molecule has 19 heavy (non-hydrogen) atoms. The van der Waals surface area contributed by atoms with Crippen LogP contribution < -0.4 is 0 Å². The molecule has 0 aliphatic heterocycles. The van der Waals surface area contributed by atoms with Crippen molar-refractivity contribution >= 4 is 9.84 Å². The number of hydrogen-bond acceptors (Lipinski definition) is 4.